The highest BCUT2D eigenvalue weighted by Crippen LogP contribution is 2.23. The Bertz CT molecular complexity index is 1070. The number of carbonyl (C=O) groups excluding carboxylic acids is 1. The number of nitrogens with one attached hydrogen (secondary N) is 1. The van der Waals surface area contributed by atoms with Crippen molar-refractivity contribution in [3.63, 3.8) is 0 Å². The van der Waals surface area contributed by atoms with E-state index in [1.807, 2.05) is 32.9 Å². The number of halogens is 1. The third kappa shape index (κ3) is 4.29. The van der Waals surface area contributed by atoms with Gasteiger partial charge in [0.25, 0.3) is 11.5 Å². The molecule has 27 heavy (non-hydrogen) atoms. The minimum Gasteiger partial charge on any atom is -0.322 e. The van der Waals surface area contributed by atoms with E-state index in [-0.39, 0.29) is 11.5 Å². The van der Waals surface area contributed by atoms with Crippen LogP contribution in [0.25, 0.3) is 0 Å². The van der Waals surface area contributed by atoms with Crippen LogP contribution >= 0.6 is 11.6 Å². The summed E-state index contributed by atoms with van der Waals surface area (Å²) in [5, 5.41) is 3.45. The smallest absolute Gasteiger partial charge is 0.257 e. The molecule has 0 spiro atoms. The molecule has 0 bridgehead atoms. The van der Waals surface area contributed by atoms with Crippen LogP contribution in [0.15, 0.2) is 59.5 Å². The summed E-state index contributed by atoms with van der Waals surface area (Å²) in [5.41, 5.74) is 5.02. The summed E-state index contributed by atoms with van der Waals surface area (Å²) in [6, 6.07) is 14.5. The number of carbonyl (C=O) groups is 1. The van der Waals surface area contributed by atoms with Crippen molar-refractivity contribution in [1.29, 1.82) is 0 Å². The van der Waals surface area contributed by atoms with Gasteiger partial charge in [0.15, 0.2) is 0 Å². The van der Waals surface area contributed by atoms with Crippen LogP contribution in [0.2, 0.25) is 5.02 Å². The summed E-state index contributed by atoms with van der Waals surface area (Å²) in [5.74, 6) is -0.282. The Balaban J connectivity index is 1.88. The third-order valence-corrected chi connectivity index (χ3v) is 5.02. The first kappa shape index (κ1) is 18.9. The molecule has 0 aliphatic carbocycles. The summed E-state index contributed by atoms with van der Waals surface area (Å²) in [6.07, 6.45) is 1.60. The Hall–Kier alpha value is -2.85. The number of aryl methyl sites for hydroxylation is 2. The second kappa shape index (κ2) is 7.80. The van der Waals surface area contributed by atoms with E-state index in [0.29, 0.717) is 22.8 Å². The number of hydrogen-bond donors (Lipinski definition) is 1. The topological polar surface area (TPSA) is 51.1 Å². The lowest BCUT2D eigenvalue weighted by molar-refractivity contribution is 0.102. The highest BCUT2D eigenvalue weighted by Gasteiger charge is 2.11. The molecule has 0 aliphatic heterocycles. The molecule has 1 aromatic heterocycles. The minimum absolute atomic E-state index is 0.147. The zero-order valence-corrected chi connectivity index (χ0v) is 16.3. The van der Waals surface area contributed by atoms with E-state index < -0.39 is 0 Å². The maximum absolute atomic E-state index is 12.6. The van der Waals surface area contributed by atoms with E-state index in [4.69, 9.17) is 11.6 Å². The Morgan fingerprint density at radius 3 is 2.63 bits per heavy atom. The van der Waals surface area contributed by atoms with Crippen molar-refractivity contribution in [2.24, 2.45) is 0 Å². The van der Waals surface area contributed by atoms with E-state index in [0.717, 1.165) is 22.3 Å². The number of aromatic nitrogens is 1. The van der Waals surface area contributed by atoms with Crippen molar-refractivity contribution in [2.75, 3.05) is 5.32 Å². The van der Waals surface area contributed by atoms with Gasteiger partial charge in [0.1, 0.15) is 0 Å². The number of rotatable bonds is 4. The van der Waals surface area contributed by atoms with Crippen LogP contribution < -0.4 is 10.9 Å². The summed E-state index contributed by atoms with van der Waals surface area (Å²) in [4.78, 5) is 24.9. The van der Waals surface area contributed by atoms with Gasteiger partial charge in [0, 0.05) is 23.0 Å². The van der Waals surface area contributed by atoms with Crippen LogP contribution in [-0.4, -0.2) is 10.5 Å². The monoisotopic (exact) mass is 380 g/mol. The zero-order chi connectivity index (χ0) is 19.6. The van der Waals surface area contributed by atoms with Crippen LogP contribution in [-0.2, 0) is 6.54 Å². The molecule has 0 fully saturated rings. The average Bonchev–Trinajstić information content (AvgIpc) is 2.63. The van der Waals surface area contributed by atoms with Crippen molar-refractivity contribution in [3.05, 3.63) is 97.9 Å². The van der Waals surface area contributed by atoms with Crippen LogP contribution in [0.4, 0.5) is 5.69 Å². The molecule has 0 radical (unpaired) electrons. The first-order valence-corrected chi connectivity index (χ1v) is 9.06. The molecule has 0 saturated carbocycles. The van der Waals surface area contributed by atoms with Crippen LogP contribution in [0.5, 0.6) is 0 Å². The molecule has 2 aromatic carbocycles. The molecular formula is C22H21ClN2O2. The maximum atomic E-state index is 12.6. The first-order chi connectivity index (χ1) is 12.8. The molecule has 5 heteroatoms. The van der Waals surface area contributed by atoms with E-state index in [2.05, 4.69) is 11.4 Å². The number of anilines is 1. The lowest BCUT2D eigenvalue weighted by Gasteiger charge is -2.12. The van der Waals surface area contributed by atoms with Gasteiger partial charge in [0.2, 0.25) is 0 Å². The maximum Gasteiger partial charge on any atom is 0.257 e. The van der Waals surface area contributed by atoms with Crippen molar-refractivity contribution < 1.29 is 4.79 Å². The molecule has 1 amide bonds. The van der Waals surface area contributed by atoms with E-state index in [1.165, 1.54) is 12.1 Å². The predicted molar refractivity (Wildman–Crippen MR) is 110 cm³/mol. The largest absolute Gasteiger partial charge is 0.322 e. The SMILES string of the molecule is Cc1ccc(C)c(Cn2cc(C(=O)Nc3cccc(Cl)c3C)ccc2=O)c1. The van der Waals surface area contributed by atoms with E-state index >= 15 is 0 Å². The van der Waals surface area contributed by atoms with E-state index in [9.17, 15) is 9.59 Å². The fourth-order valence-corrected chi connectivity index (χ4v) is 3.06. The lowest BCUT2D eigenvalue weighted by Crippen LogP contribution is -2.23. The molecule has 4 nitrogen and oxygen atoms in total. The number of benzene rings is 2. The summed E-state index contributed by atoms with van der Waals surface area (Å²) in [6.45, 7) is 6.30. The highest BCUT2D eigenvalue weighted by atomic mass is 35.5. The Labute approximate surface area is 163 Å². The number of pyridine rings is 1. The lowest BCUT2D eigenvalue weighted by atomic mass is 10.1. The van der Waals surface area contributed by atoms with Gasteiger partial charge in [-0.25, -0.2) is 0 Å². The van der Waals surface area contributed by atoms with Gasteiger partial charge < -0.3 is 9.88 Å². The summed E-state index contributed by atoms with van der Waals surface area (Å²) < 4.78 is 1.56. The van der Waals surface area contributed by atoms with Crippen molar-refractivity contribution in [3.8, 4) is 0 Å². The van der Waals surface area contributed by atoms with Crippen molar-refractivity contribution >= 4 is 23.2 Å². The zero-order valence-electron chi connectivity index (χ0n) is 15.5. The predicted octanol–water partition coefficient (Wildman–Crippen LogP) is 4.73. The molecule has 1 N–H and O–H groups in total. The molecular weight excluding hydrogens is 360 g/mol. The Morgan fingerprint density at radius 2 is 1.85 bits per heavy atom. The molecule has 3 rings (SSSR count). The molecule has 0 saturated heterocycles. The summed E-state index contributed by atoms with van der Waals surface area (Å²) in [7, 11) is 0. The van der Waals surface area contributed by atoms with Gasteiger partial charge in [-0.05, 0) is 55.7 Å². The van der Waals surface area contributed by atoms with Crippen molar-refractivity contribution in [2.45, 2.75) is 27.3 Å². The number of hydrogen-bond acceptors (Lipinski definition) is 2. The van der Waals surface area contributed by atoms with Gasteiger partial charge in [-0.15, -0.1) is 0 Å². The minimum atomic E-state index is -0.282. The van der Waals surface area contributed by atoms with Gasteiger partial charge in [0.05, 0.1) is 12.1 Å². The Kier molecular flexibility index (Phi) is 5.47. The van der Waals surface area contributed by atoms with Crippen LogP contribution in [0.3, 0.4) is 0 Å². The highest BCUT2D eigenvalue weighted by molar-refractivity contribution is 6.31. The normalized spacial score (nSPS) is 10.7. The third-order valence-electron chi connectivity index (χ3n) is 4.61. The van der Waals surface area contributed by atoms with Crippen LogP contribution in [0, 0.1) is 20.8 Å². The van der Waals surface area contributed by atoms with E-state index in [1.54, 1.807) is 29.0 Å². The second-order valence-corrected chi connectivity index (χ2v) is 7.09. The first-order valence-electron chi connectivity index (χ1n) is 8.68. The number of nitrogens with zero attached hydrogens (tertiary/aromatic N) is 1. The molecule has 0 aliphatic rings. The average molecular weight is 381 g/mol. The van der Waals surface area contributed by atoms with Gasteiger partial charge in [-0.2, -0.15) is 0 Å². The standard InChI is InChI=1S/C22H21ClN2O2/c1-14-7-8-15(2)18(11-14)13-25-12-17(9-10-21(25)26)22(27)24-20-6-4-5-19(23)16(20)3/h4-12H,13H2,1-3H3,(H,24,27). The molecule has 0 unspecified atom stereocenters. The van der Waals surface area contributed by atoms with Crippen LogP contribution in [0.1, 0.15) is 32.6 Å². The molecule has 0 atom stereocenters. The van der Waals surface area contributed by atoms with Crippen molar-refractivity contribution in [1.82, 2.24) is 4.57 Å². The molecule has 1 heterocycles. The number of amides is 1. The van der Waals surface area contributed by atoms with Gasteiger partial charge >= 0.3 is 0 Å². The summed E-state index contributed by atoms with van der Waals surface area (Å²) >= 11 is 6.11. The Morgan fingerprint density at radius 1 is 1.07 bits per heavy atom. The quantitative estimate of drug-likeness (QED) is 0.711. The second-order valence-electron chi connectivity index (χ2n) is 6.68. The van der Waals surface area contributed by atoms with Gasteiger partial charge in [-0.3, -0.25) is 9.59 Å². The fourth-order valence-electron chi connectivity index (χ4n) is 2.88. The molecule has 138 valence electrons. The molecule has 3 aromatic rings. The van der Waals surface area contributed by atoms with Gasteiger partial charge in [-0.1, -0.05) is 41.4 Å². The fraction of sp³-hybridized carbons (Fsp3) is 0.182.